The molecule has 8 heavy (non-hydrogen) atoms. The molecule has 0 aromatic carbocycles. The highest BCUT2D eigenvalue weighted by molar-refractivity contribution is 7.57. The quantitative estimate of drug-likeness (QED) is 0.342. The Morgan fingerprint density at radius 2 is 2.50 bits per heavy atom. The van der Waals surface area contributed by atoms with Gasteiger partial charge in [-0.05, 0) is 25.4 Å². The largest absolute Gasteiger partial charge is 0.120 e. The summed E-state index contributed by atoms with van der Waals surface area (Å²) in [6.07, 6.45) is 9.28. The Hall–Kier alpha value is -0.0100. The van der Waals surface area contributed by atoms with Crippen molar-refractivity contribution < 1.29 is 0 Å². The van der Waals surface area contributed by atoms with Crippen molar-refractivity contribution in [3.8, 4) is 12.3 Å². The third-order valence-corrected chi connectivity index (χ3v) is 3.71. The minimum atomic E-state index is 0.347. The summed E-state index contributed by atoms with van der Waals surface area (Å²) in [7, 11) is 0.347. The molecular weight excluding hydrogens is 115 g/mol. The van der Waals surface area contributed by atoms with Gasteiger partial charge >= 0.3 is 0 Å². The highest BCUT2D eigenvalue weighted by atomic mass is 31.1. The van der Waals surface area contributed by atoms with Crippen LogP contribution in [0.4, 0.5) is 0 Å². The van der Waals surface area contributed by atoms with E-state index in [-0.39, 0.29) is 0 Å². The summed E-state index contributed by atoms with van der Waals surface area (Å²) in [5, 5.41) is 0. The van der Waals surface area contributed by atoms with Gasteiger partial charge in [0.05, 0.1) is 0 Å². The van der Waals surface area contributed by atoms with Crippen LogP contribution >= 0.6 is 7.92 Å². The molecule has 0 aromatic rings. The number of terminal acetylenes is 1. The van der Waals surface area contributed by atoms with Gasteiger partial charge in [-0.2, -0.15) is 0 Å². The summed E-state index contributed by atoms with van der Waals surface area (Å²) in [6.45, 7) is 2.34. The van der Waals surface area contributed by atoms with Crippen molar-refractivity contribution in [3.05, 3.63) is 0 Å². The fourth-order valence-electron chi connectivity index (χ4n) is 1.07. The van der Waals surface area contributed by atoms with Gasteiger partial charge in [-0.25, -0.2) is 0 Å². The van der Waals surface area contributed by atoms with E-state index in [4.69, 9.17) is 6.42 Å². The molecule has 0 aromatic heterocycles. The molecule has 0 radical (unpaired) electrons. The lowest BCUT2D eigenvalue weighted by Gasteiger charge is -1.97. The van der Waals surface area contributed by atoms with E-state index in [1.165, 1.54) is 18.7 Å². The SMILES string of the molecule is C#CC1CCP(C)C1. The third-order valence-electron chi connectivity index (χ3n) is 1.63. The summed E-state index contributed by atoms with van der Waals surface area (Å²) in [5.74, 6) is 3.44. The van der Waals surface area contributed by atoms with Crippen LogP contribution in [-0.4, -0.2) is 19.0 Å². The lowest BCUT2D eigenvalue weighted by Crippen LogP contribution is -1.90. The summed E-state index contributed by atoms with van der Waals surface area (Å²) in [4.78, 5) is 0. The molecule has 1 aliphatic rings. The predicted molar refractivity (Wildman–Crippen MR) is 39.5 cm³/mol. The monoisotopic (exact) mass is 126 g/mol. The summed E-state index contributed by atoms with van der Waals surface area (Å²) >= 11 is 0. The van der Waals surface area contributed by atoms with Crippen LogP contribution in [0.1, 0.15) is 6.42 Å². The van der Waals surface area contributed by atoms with Gasteiger partial charge in [-0.3, -0.25) is 0 Å². The van der Waals surface area contributed by atoms with E-state index in [1.807, 2.05) is 0 Å². The van der Waals surface area contributed by atoms with Crippen LogP contribution < -0.4 is 0 Å². The first-order valence-corrected chi connectivity index (χ1v) is 5.13. The molecule has 1 heterocycles. The number of hydrogen-bond donors (Lipinski definition) is 0. The second-order valence-electron chi connectivity index (χ2n) is 2.41. The first-order chi connectivity index (χ1) is 3.83. The predicted octanol–water partition coefficient (Wildman–Crippen LogP) is 1.75. The van der Waals surface area contributed by atoms with Gasteiger partial charge in [-0.15, -0.1) is 20.3 Å². The van der Waals surface area contributed by atoms with Crippen molar-refractivity contribution in [3.63, 3.8) is 0 Å². The molecule has 1 rings (SSSR count). The van der Waals surface area contributed by atoms with Crippen molar-refractivity contribution in [2.24, 2.45) is 5.92 Å². The van der Waals surface area contributed by atoms with Gasteiger partial charge in [0.15, 0.2) is 0 Å². The van der Waals surface area contributed by atoms with Crippen molar-refractivity contribution in [2.75, 3.05) is 19.0 Å². The van der Waals surface area contributed by atoms with Gasteiger partial charge in [0, 0.05) is 5.92 Å². The summed E-state index contributed by atoms with van der Waals surface area (Å²) in [5.41, 5.74) is 0. The van der Waals surface area contributed by atoms with Crippen molar-refractivity contribution in [2.45, 2.75) is 6.42 Å². The molecule has 0 amide bonds. The van der Waals surface area contributed by atoms with Crippen molar-refractivity contribution in [1.29, 1.82) is 0 Å². The lowest BCUT2D eigenvalue weighted by molar-refractivity contribution is 0.776. The highest BCUT2D eigenvalue weighted by Crippen LogP contribution is 2.41. The molecule has 1 saturated heterocycles. The minimum absolute atomic E-state index is 0.347. The molecule has 0 bridgehead atoms. The van der Waals surface area contributed by atoms with Crippen LogP contribution in [0, 0.1) is 18.3 Å². The van der Waals surface area contributed by atoms with Crippen LogP contribution in [0.3, 0.4) is 0 Å². The van der Waals surface area contributed by atoms with Crippen LogP contribution in [0.25, 0.3) is 0 Å². The molecule has 0 nitrogen and oxygen atoms in total. The zero-order valence-electron chi connectivity index (χ0n) is 5.22. The second kappa shape index (κ2) is 2.51. The minimum Gasteiger partial charge on any atom is -0.120 e. The zero-order valence-corrected chi connectivity index (χ0v) is 6.12. The third kappa shape index (κ3) is 1.23. The molecular formula is C7H11P. The maximum Gasteiger partial charge on any atom is 0.0242 e. The van der Waals surface area contributed by atoms with Gasteiger partial charge in [0.1, 0.15) is 0 Å². The van der Waals surface area contributed by atoms with Crippen molar-refractivity contribution >= 4 is 7.92 Å². The van der Waals surface area contributed by atoms with E-state index in [0.29, 0.717) is 13.8 Å². The standard InChI is InChI=1S/C7H11P/c1-3-7-4-5-8(2)6-7/h1,7H,4-6H2,2H3. The molecule has 2 unspecified atom stereocenters. The smallest absolute Gasteiger partial charge is 0.0242 e. The Labute approximate surface area is 52.4 Å². The van der Waals surface area contributed by atoms with Crippen molar-refractivity contribution in [1.82, 2.24) is 0 Å². The molecule has 2 atom stereocenters. The van der Waals surface area contributed by atoms with E-state index in [9.17, 15) is 0 Å². The lowest BCUT2D eigenvalue weighted by atomic mass is 10.1. The molecule has 0 saturated carbocycles. The second-order valence-corrected chi connectivity index (χ2v) is 4.94. The normalized spacial score (nSPS) is 37.0. The van der Waals surface area contributed by atoms with Crippen LogP contribution in [0.15, 0.2) is 0 Å². The van der Waals surface area contributed by atoms with Gasteiger partial charge < -0.3 is 0 Å². The number of hydrogen-bond acceptors (Lipinski definition) is 0. The van der Waals surface area contributed by atoms with Crippen LogP contribution in [0.2, 0.25) is 0 Å². The Morgan fingerprint density at radius 3 is 2.75 bits per heavy atom. The average Bonchev–Trinajstić information content (AvgIpc) is 2.14. The maximum atomic E-state index is 5.26. The van der Waals surface area contributed by atoms with E-state index in [2.05, 4.69) is 12.6 Å². The zero-order chi connectivity index (χ0) is 5.98. The molecule has 44 valence electrons. The molecule has 1 heteroatoms. The van der Waals surface area contributed by atoms with Gasteiger partial charge in [0.2, 0.25) is 0 Å². The molecule has 0 N–H and O–H groups in total. The Kier molecular flexibility index (Phi) is 1.92. The topological polar surface area (TPSA) is 0 Å². The molecule has 1 aliphatic heterocycles. The maximum absolute atomic E-state index is 5.26. The van der Waals surface area contributed by atoms with Gasteiger partial charge in [0.25, 0.3) is 0 Å². The van der Waals surface area contributed by atoms with E-state index < -0.39 is 0 Å². The first kappa shape index (κ1) is 6.12. The average molecular weight is 126 g/mol. The fraction of sp³-hybridized carbons (Fsp3) is 0.714. The molecule has 1 fully saturated rings. The fourth-order valence-corrected chi connectivity index (χ4v) is 3.05. The van der Waals surface area contributed by atoms with Gasteiger partial charge in [-0.1, -0.05) is 0 Å². The first-order valence-electron chi connectivity index (χ1n) is 2.97. The Morgan fingerprint density at radius 1 is 1.75 bits per heavy atom. The molecule has 0 aliphatic carbocycles. The van der Waals surface area contributed by atoms with E-state index >= 15 is 0 Å². The highest BCUT2D eigenvalue weighted by Gasteiger charge is 2.17. The van der Waals surface area contributed by atoms with E-state index in [0.717, 1.165) is 0 Å². The Bertz CT molecular complexity index is 112. The van der Waals surface area contributed by atoms with E-state index in [1.54, 1.807) is 0 Å². The summed E-state index contributed by atoms with van der Waals surface area (Å²) in [6, 6.07) is 0. The molecule has 0 spiro atoms. The van der Waals surface area contributed by atoms with Crippen LogP contribution in [0.5, 0.6) is 0 Å². The summed E-state index contributed by atoms with van der Waals surface area (Å²) < 4.78 is 0. The number of rotatable bonds is 0. The Balaban J connectivity index is 2.35. The van der Waals surface area contributed by atoms with Crippen LogP contribution in [-0.2, 0) is 0 Å².